The van der Waals surface area contributed by atoms with Gasteiger partial charge in [0.15, 0.2) is 0 Å². The summed E-state index contributed by atoms with van der Waals surface area (Å²) < 4.78 is 0. The third-order valence-electron chi connectivity index (χ3n) is 5.21. The lowest BCUT2D eigenvalue weighted by Crippen LogP contribution is -2.51. The summed E-state index contributed by atoms with van der Waals surface area (Å²) in [6.45, 7) is 13.7. The highest BCUT2D eigenvalue weighted by Crippen LogP contribution is 2.20. The minimum absolute atomic E-state index is 0.0148. The summed E-state index contributed by atoms with van der Waals surface area (Å²) in [7, 11) is 0. The van der Waals surface area contributed by atoms with Crippen molar-refractivity contribution in [2.45, 2.75) is 53.5 Å². The van der Waals surface area contributed by atoms with Gasteiger partial charge in [-0.1, -0.05) is 34.6 Å². The van der Waals surface area contributed by atoms with E-state index in [0.29, 0.717) is 37.4 Å². The minimum atomic E-state index is -0.787. The Balaban J connectivity index is 2.43. The number of aliphatic carboxylic acids is 1. The molecule has 2 amide bonds. The first kappa shape index (κ1) is 20.7. The van der Waals surface area contributed by atoms with E-state index in [2.05, 4.69) is 33.0 Å². The second kappa shape index (κ2) is 9.87. The highest BCUT2D eigenvalue weighted by molar-refractivity contribution is 5.74. The lowest BCUT2D eigenvalue weighted by molar-refractivity contribution is -0.139. The molecule has 0 radical (unpaired) electrons. The van der Waals surface area contributed by atoms with Crippen LogP contribution in [-0.4, -0.2) is 65.7 Å². The molecule has 1 aliphatic heterocycles. The fraction of sp³-hybridized carbons (Fsp3) is 0.889. The monoisotopic (exact) mass is 341 g/mol. The zero-order valence-electron chi connectivity index (χ0n) is 15.9. The van der Waals surface area contributed by atoms with Gasteiger partial charge >= 0.3 is 12.0 Å². The molecule has 0 bridgehead atoms. The number of carboxylic acids is 1. The number of hydrogen-bond donors (Lipinski definition) is 2. The maximum atomic E-state index is 12.4. The SMILES string of the molecule is CCN(CC(=O)O)C1CCN(C(=O)NCC(C(C)C)C(C)C)CC1. The van der Waals surface area contributed by atoms with Crippen LogP contribution >= 0.6 is 0 Å². The third kappa shape index (κ3) is 6.30. The van der Waals surface area contributed by atoms with Gasteiger partial charge in [-0.2, -0.15) is 0 Å². The van der Waals surface area contributed by atoms with Crippen LogP contribution in [0.2, 0.25) is 0 Å². The minimum Gasteiger partial charge on any atom is -0.480 e. The molecule has 24 heavy (non-hydrogen) atoms. The molecular weight excluding hydrogens is 306 g/mol. The van der Waals surface area contributed by atoms with E-state index in [4.69, 9.17) is 5.11 Å². The number of hydrogen-bond acceptors (Lipinski definition) is 3. The maximum absolute atomic E-state index is 12.4. The quantitative estimate of drug-likeness (QED) is 0.711. The molecule has 0 saturated carbocycles. The molecule has 1 saturated heterocycles. The van der Waals surface area contributed by atoms with Crippen LogP contribution in [0, 0.1) is 17.8 Å². The Morgan fingerprint density at radius 1 is 1.17 bits per heavy atom. The van der Waals surface area contributed by atoms with Crippen LogP contribution in [0.25, 0.3) is 0 Å². The van der Waals surface area contributed by atoms with Gasteiger partial charge in [-0.3, -0.25) is 9.69 Å². The van der Waals surface area contributed by atoms with Gasteiger partial charge < -0.3 is 15.3 Å². The van der Waals surface area contributed by atoms with Gasteiger partial charge in [0.25, 0.3) is 0 Å². The Bertz CT molecular complexity index is 396. The predicted molar refractivity (Wildman–Crippen MR) is 96.0 cm³/mol. The highest BCUT2D eigenvalue weighted by Gasteiger charge is 2.27. The summed E-state index contributed by atoms with van der Waals surface area (Å²) in [5, 5.41) is 12.1. The first-order valence-electron chi connectivity index (χ1n) is 9.24. The molecule has 1 heterocycles. The van der Waals surface area contributed by atoms with Crippen molar-refractivity contribution in [3.63, 3.8) is 0 Å². The molecular formula is C18H35N3O3. The van der Waals surface area contributed by atoms with E-state index in [1.807, 2.05) is 16.7 Å². The number of carbonyl (C=O) groups excluding carboxylic acids is 1. The second-order valence-electron chi connectivity index (χ2n) is 7.51. The number of carbonyl (C=O) groups is 2. The molecule has 1 rings (SSSR count). The maximum Gasteiger partial charge on any atom is 0.317 e. The van der Waals surface area contributed by atoms with Crippen LogP contribution < -0.4 is 5.32 Å². The molecule has 6 nitrogen and oxygen atoms in total. The van der Waals surface area contributed by atoms with Crippen molar-refractivity contribution in [3.8, 4) is 0 Å². The molecule has 0 aliphatic carbocycles. The molecule has 0 spiro atoms. The van der Waals surface area contributed by atoms with E-state index in [-0.39, 0.29) is 18.6 Å². The summed E-state index contributed by atoms with van der Waals surface area (Å²) >= 11 is 0. The number of likely N-dealkylation sites (N-methyl/N-ethyl adjacent to an activating group) is 1. The normalized spacial score (nSPS) is 16.5. The average molecular weight is 341 g/mol. The number of carboxylic acid groups (broad SMARTS) is 1. The highest BCUT2D eigenvalue weighted by atomic mass is 16.4. The molecule has 0 unspecified atom stereocenters. The topological polar surface area (TPSA) is 72.9 Å². The average Bonchev–Trinajstić information content (AvgIpc) is 2.52. The van der Waals surface area contributed by atoms with Crippen molar-refractivity contribution in [2.75, 3.05) is 32.7 Å². The van der Waals surface area contributed by atoms with Crippen molar-refractivity contribution in [3.05, 3.63) is 0 Å². The Kier molecular flexibility index (Phi) is 8.53. The van der Waals surface area contributed by atoms with Gasteiger partial charge in [0.2, 0.25) is 0 Å². The summed E-state index contributed by atoms with van der Waals surface area (Å²) in [6.07, 6.45) is 1.68. The van der Waals surface area contributed by atoms with E-state index in [1.165, 1.54) is 0 Å². The van der Waals surface area contributed by atoms with Gasteiger partial charge in [0.1, 0.15) is 0 Å². The van der Waals surface area contributed by atoms with Crippen LogP contribution in [0.4, 0.5) is 4.79 Å². The number of rotatable bonds is 8. The molecule has 6 heteroatoms. The van der Waals surface area contributed by atoms with Crippen LogP contribution in [-0.2, 0) is 4.79 Å². The van der Waals surface area contributed by atoms with Crippen molar-refractivity contribution in [2.24, 2.45) is 17.8 Å². The summed E-state index contributed by atoms with van der Waals surface area (Å²) in [5.41, 5.74) is 0. The molecule has 140 valence electrons. The van der Waals surface area contributed by atoms with E-state index in [0.717, 1.165) is 19.4 Å². The lowest BCUT2D eigenvalue weighted by Gasteiger charge is -2.37. The first-order chi connectivity index (χ1) is 11.3. The standard InChI is InChI=1S/C18H35N3O3/c1-6-20(12-17(22)23)15-7-9-21(10-8-15)18(24)19-11-16(13(2)3)14(4)5/h13-16H,6-12H2,1-5H3,(H,19,24)(H,22,23). The molecule has 0 atom stereocenters. The molecule has 1 fully saturated rings. The van der Waals surface area contributed by atoms with Gasteiger partial charge in [0.05, 0.1) is 6.54 Å². The lowest BCUT2D eigenvalue weighted by atomic mass is 9.85. The number of nitrogens with one attached hydrogen (secondary N) is 1. The number of piperidine rings is 1. The smallest absolute Gasteiger partial charge is 0.317 e. The Morgan fingerprint density at radius 2 is 1.71 bits per heavy atom. The van der Waals surface area contributed by atoms with Crippen LogP contribution in [0.3, 0.4) is 0 Å². The first-order valence-corrected chi connectivity index (χ1v) is 9.24. The van der Waals surface area contributed by atoms with Gasteiger partial charge in [-0.15, -0.1) is 0 Å². The van der Waals surface area contributed by atoms with E-state index in [1.54, 1.807) is 0 Å². The summed E-state index contributed by atoms with van der Waals surface area (Å²) in [6, 6.07) is 0.273. The van der Waals surface area contributed by atoms with E-state index >= 15 is 0 Å². The Labute approximate surface area is 146 Å². The van der Waals surface area contributed by atoms with Crippen molar-refractivity contribution >= 4 is 12.0 Å². The Hall–Kier alpha value is -1.30. The predicted octanol–water partition coefficient (Wildman–Crippen LogP) is 2.50. The fourth-order valence-electron chi connectivity index (χ4n) is 3.67. The van der Waals surface area contributed by atoms with Gasteiger partial charge in [-0.05, 0) is 37.1 Å². The zero-order chi connectivity index (χ0) is 18.3. The second-order valence-corrected chi connectivity index (χ2v) is 7.51. The molecule has 0 aromatic rings. The van der Waals surface area contributed by atoms with Crippen molar-refractivity contribution < 1.29 is 14.7 Å². The van der Waals surface area contributed by atoms with E-state index in [9.17, 15) is 9.59 Å². The molecule has 1 aliphatic rings. The molecule has 2 N–H and O–H groups in total. The molecule has 0 aromatic carbocycles. The van der Waals surface area contributed by atoms with Crippen molar-refractivity contribution in [1.29, 1.82) is 0 Å². The third-order valence-corrected chi connectivity index (χ3v) is 5.21. The molecule has 0 aromatic heterocycles. The number of nitrogens with zero attached hydrogens (tertiary/aromatic N) is 2. The zero-order valence-corrected chi connectivity index (χ0v) is 15.9. The van der Waals surface area contributed by atoms with Crippen LogP contribution in [0.15, 0.2) is 0 Å². The number of likely N-dealkylation sites (tertiary alicyclic amines) is 1. The van der Waals surface area contributed by atoms with Crippen LogP contribution in [0.5, 0.6) is 0 Å². The van der Waals surface area contributed by atoms with Gasteiger partial charge in [0, 0.05) is 25.7 Å². The fourth-order valence-corrected chi connectivity index (χ4v) is 3.67. The summed E-state index contributed by atoms with van der Waals surface area (Å²) in [5.74, 6) is 0.790. The van der Waals surface area contributed by atoms with Crippen molar-refractivity contribution in [1.82, 2.24) is 15.1 Å². The van der Waals surface area contributed by atoms with E-state index < -0.39 is 5.97 Å². The summed E-state index contributed by atoms with van der Waals surface area (Å²) in [4.78, 5) is 27.2. The van der Waals surface area contributed by atoms with Crippen LogP contribution in [0.1, 0.15) is 47.5 Å². The largest absolute Gasteiger partial charge is 0.480 e. The van der Waals surface area contributed by atoms with Gasteiger partial charge in [-0.25, -0.2) is 4.79 Å². The number of urea groups is 1. The Morgan fingerprint density at radius 3 is 2.12 bits per heavy atom. The number of amides is 2.